The molecule has 1 N–H and O–H groups in total. The second kappa shape index (κ2) is 9.21. The molecule has 3 aromatic rings. The molecule has 12 nitrogen and oxygen atoms in total. The van der Waals surface area contributed by atoms with Crippen molar-refractivity contribution in [2.45, 2.75) is 37.9 Å². The molecule has 35 heavy (non-hydrogen) atoms. The molecule has 0 saturated heterocycles. The average Bonchev–Trinajstić information content (AvgIpc) is 3.17. The number of rotatable bonds is 7. The van der Waals surface area contributed by atoms with Crippen molar-refractivity contribution in [1.82, 2.24) is 9.55 Å². The monoisotopic (exact) mass is 481 g/mol. The average molecular weight is 481 g/mol. The van der Waals surface area contributed by atoms with Crippen LogP contribution in [0.5, 0.6) is 5.75 Å². The second-order valence-corrected chi connectivity index (χ2v) is 8.07. The van der Waals surface area contributed by atoms with Crippen LogP contribution in [-0.4, -0.2) is 52.7 Å². The standard InChI is InChI=1S/C23H23N5O7/c1-13(29)34-20-19(27-17-8-6-5-7-16(17)26-22(27)25-12-24)15-11-14(28(30)31)9-10-18(15)35-23(20,2)21(32-3)33-4/h5-11,19-21H,1-4H3,(H,25,26)/t19-,20+,23-/m0/s1. The third-order valence-corrected chi connectivity index (χ3v) is 5.94. The fraction of sp³-hybridized carbons (Fsp3) is 0.348. The Morgan fingerprint density at radius 3 is 2.66 bits per heavy atom. The molecule has 0 fully saturated rings. The Labute approximate surface area is 200 Å². The molecule has 3 atom stereocenters. The first-order valence-corrected chi connectivity index (χ1v) is 10.6. The van der Waals surface area contributed by atoms with Crippen LogP contribution in [0.4, 0.5) is 11.6 Å². The molecule has 1 aliphatic rings. The van der Waals surface area contributed by atoms with Crippen LogP contribution in [0.1, 0.15) is 25.5 Å². The number of nitriles is 1. The van der Waals surface area contributed by atoms with Gasteiger partial charge in [0.1, 0.15) is 11.8 Å². The van der Waals surface area contributed by atoms with Gasteiger partial charge in [-0.1, -0.05) is 12.1 Å². The largest absolute Gasteiger partial charge is 0.478 e. The quantitative estimate of drug-likeness (QED) is 0.133. The number of imidazole rings is 1. The first-order chi connectivity index (χ1) is 16.7. The lowest BCUT2D eigenvalue weighted by Crippen LogP contribution is -2.62. The number of carbonyl (C=O) groups excluding carboxylic acids is 1. The van der Waals surface area contributed by atoms with E-state index < -0.39 is 34.9 Å². The highest BCUT2D eigenvalue weighted by atomic mass is 16.7. The van der Waals surface area contributed by atoms with Crippen molar-refractivity contribution in [3.63, 3.8) is 0 Å². The van der Waals surface area contributed by atoms with Gasteiger partial charge in [-0.25, -0.2) is 4.98 Å². The van der Waals surface area contributed by atoms with E-state index in [2.05, 4.69) is 10.3 Å². The number of nitro benzene ring substituents is 1. The minimum atomic E-state index is -1.40. The Kier molecular flexibility index (Phi) is 6.29. The van der Waals surface area contributed by atoms with Crippen molar-refractivity contribution >= 4 is 28.6 Å². The van der Waals surface area contributed by atoms with Gasteiger partial charge in [0.05, 0.1) is 16.0 Å². The lowest BCUT2D eigenvalue weighted by molar-refractivity contribution is -0.385. The molecule has 0 unspecified atom stereocenters. The molecule has 0 spiro atoms. The second-order valence-electron chi connectivity index (χ2n) is 8.07. The van der Waals surface area contributed by atoms with Gasteiger partial charge >= 0.3 is 5.97 Å². The molecule has 0 radical (unpaired) electrons. The van der Waals surface area contributed by atoms with Crippen LogP contribution < -0.4 is 10.1 Å². The van der Waals surface area contributed by atoms with E-state index in [1.54, 1.807) is 35.8 Å². The number of anilines is 1. The summed E-state index contributed by atoms with van der Waals surface area (Å²) in [5.74, 6) is -0.163. The SMILES string of the molecule is COC(OC)[C@@]1(C)Oc2ccc([N+](=O)[O-])cc2[C@H](n2c(NC#N)nc3ccccc32)[C@H]1OC(C)=O. The number of nitro groups is 1. The summed E-state index contributed by atoms with van der Waals surface area (Å²) in [6, 6.07) is 10.4. The number of esters is 1. The normalized spacial score (nSPS) is 21.1. The van der Waals surface area contributed by atoms with E-state index in [0.29, 0.717) is 22.3 Å². The minimum Gasteiger partial charge on any atom is -0.478 e. The maximum Gasteiger partial charge on any atom is 0.303 e. The summed E-state index contributed by atoms with van der Waals surface area (Å²) in [6.07, 6.45) is -0.245. The minimum absolute atomic E-state index is 0.156. The maximum absolute atomic E-state index is 12.3. The third-order valence-electron chi connectivity index (χ3n) is 5.94. The number of non-ortho nitro benzene ring substituents is 1. The Hall–Kier alpha value is -4.21. The predicted octanol–water partition coefficient (Wildman–Crippen LogP) is 3.13. The number of hydrogen-bond acceptors (Lipinski definition) is 10. The summed E-state index contributed by atoms with van der Waals surface area (Å²) < 4.78 is 24.8. The Morgan fingerprint density at radius 2 is 2.03 bits per heavy atom. The van der Waals surface area contributed by atoms with Crippen LogP contribution in [0.2, 0.25) is 0 Å². The summed E-state index contributed by atoms with van der Waals surface area (Å²) in [5, 5.41) is 23.6. The number of aromatic nitrogens is 2. The number of methoxy groups -OCH3 is 2. The van der Waals surface area contributed by atoms with E-state index in [1.165, 1.54) is 39.3 Å². The zero-order valence-corrected chi connectivity index (χ0v) is 19.4. The van der Waals surface area contributed by atoms with Crippen LogP contribution in [0.25, 0.3) is 11.0 Å². The highest BCUT2D eigenvalue weighted by molar-refractivity contribution is 5.80. The summed E-state index contributed by atoms with van der Waals surface area (Å²) in [4.78, 5) is 27.9. The number of ether oxygens (including phenoxy) is 4. The molecule has 0 bridgehead atoms. The van der Waals surface area contributed by atoms with Gasteiger partial charge in [0.25, 0.3) is 5.69 Å². The van der Waals surface area contributed by atoms with Crippen molar-refractivity contribution in [3.05, 3.63) is 58.1 Å². The van der Waals surface area contributed by atoms with E-state index in [-0.39, 0.29) is 11.6 Å². The summed E-state index contributed by atoms with van der Waals surface area (Å²) in [6.45, 7) is 2.90. The van der Waals surface area contributed by atoms with E-state index in [0.717, 1.165) is 0 Å². The number of nitrogens with zero attached hydrogens (tertiary/aromatic N) is 4. The van der Waals surface area contributed by atoms with Gasteiger partial charge in [0, 0.05) is 38.8 Å². The van der Waals surface area contributed by atoms with Gasteiger partial charge in [0.15, 0.2) is 17.9 Å². The van der Waals surface area contributed by atoms with Crippen molar-refractivity contribution in [2.75, 3.05) is 19.5 Å². The van der Waals surface area contributed by atoms with E-state index in [4.69, 9.17) is 18.9 Å². The van der Waals surface area contributed by atoms with E-state index in [1.807, 2.05) is 6.19 Å². The molecular weight excluding hydrogens is 458 g/mol. The summed E-state index contributed by atoms with van der Waals surface area (Å²) >= 11 is 0. The van der Waals surface area contributed by atoms with Crippen LogP contribution in [0, 0.1) is 21.6 Å². The van der Waals surface area contributed by atoms with Crippen molar-refractivity contribution in [3.8, 4) is 11.9 Å². The van der Waals surface area contributed by atoms with Gasteiger partial charge in [-0.2, -0.15) is 5.26 Å². The smallest absolute Gasteiger partial charge is 0.303 e. The first-order valence-electron chi connectivity index (χ1n) is 10.6. The molecule has 4 rings (SSSR count). The summed E-state index contributed by atoms with van der Waals surface area (Å²) in [7, 11) is 2.84. The third kappa shape index (κ3) is 4.01. The molecular formula is C23H23N5O7. The zero-order chi connectivity index (χ0) is 25.3. The highest BCUT2D eigenvalue weighted by Crippen LogP contribution is 2.48. The molecule has 0 aliphatic carbocycles. The molecule has 2 aromatic carbocycles. The van der Waals surface area contributed by atoms with Gasteiger partial charge < -0.3 is 18.9 Å². The van der Waals surface area contributed by atoms with E-state index >= 15 is 0 Å². The number of fused-ring (bicyclic) bond motifs is 2. The summed E-state index contributed by atoms with van der Waals surface area (Å²) in [5.41, 5.74) is -0.0737. The number of carbonyl (C=O) groups is 1. The topological polar surface area (TPSA) is 151 Å². The lowest BCUT2D eigenvalue weighted by Gasteiger charge is -2.48. The molecule has 2 heterocycles. The lowest BCUT2D eigenvalue weighted by atomic mass is 9.83. The van der Waals surface area contributed by atoms with E-state index in [9.17, 15) is 20.2 Å². The van der Waals surface area contributed by atoms with Crippen LogP contribution >= 0.6 is 0 Å². The van der Waals surface area contributed by atoms with Gasteiger partial charge in [-0.3, -0.25) is 24.8 Å². The molecule has 0 amide bonds. The first kappa shape index (κ1) is 23.9. The Bertz CT molecular complexity index is 1330. The zero-order valence-electron chi connectivity index (χ0n) is 19.4. The van der Waals surface area contributed by atoms with Gasteiger partial charge in [-0.15, -0.1) is 0 Å². The molecule has 182 valence electrons. The number of benzene rings is 2. The number of hydrogen-bond donors (Lipinski definition) is 1. The fourth-order valence-corrected chi connectivity index (χ4v) is 4.59. The van der Waals surface area contributed by atoms with Crippen molar-refractivity contribution in [1.29, 1.82) is 5.26 Å². The van der Waals surface area contributed by atoms with Gasteiger partial charge in [0.2, 0.25) is 12.2 Å². The molecule has 12 heteroatoms. The highest BCUT2D eigenvalue weighted by Gasteiger charge is 2.56. The van der Waals surface area contributed by atoms with Crippen molar-refractivity contribution in [2.24, 2.45) is 0 Å². The Balaban J connectivity index is 2.09. The fourth-order valence-electron chi connectivity index (χ4n) is 4.59. The molecule has 1 aromatic heterocycles. The van der Waals surface area contributed by atoms with Crippen LogP contribution in [0.3, 0.4) is 0 Å². The number of nitrogens with one attached hydrogen (secondary N) is 1. The molecule has 0 saturated carbocycles. The maximum atomic E-state index is 12.3. The van der Waals surface area contributed by atoms with Crippen LogP contribution in [-0.2, 0) is 19.0 Å². The number of para-hydroxylation sites is 2. The molecule has 1 aliphatic heterocycles. The van der Waals surface area contributed by atoms with Gasteiger partial charge in [-0.05, 0) is 25.1 Å². The van der Waals surface area contributed by atoms with Crippen LogP contribution in [0.15, 0.2) is 42.5 Å². The van der Waals surface area contributed by atoms with Crippen molar-refractivity contribution < 1.29 is 28.7 Å². The predicted molar refractivity (Wildman–Crippen MR) is 123 cm³/mol. The Morgan fingerprint density at radius 1 is 1.31 bits per heavy atom.